The summed E-state index contributed by atoms with van der Waals surface area (Å²) < 4.78 is -0.608. The molecule has 0 aromatic heterocycles. The molecule has 8 heteroatoms. The van der Waals surface area contributed by atoms with E-state index in [-0.39, 0.29) is 29.2 Å². The number of hydrogen-bond donors (Lipinski definition) is 3. The zero-order valence-corrected chi connectivity index (χ0v) is 14.7. The standard InChI is InChI=1S/C17H20N2O5S/c1-17(2)13(16(23)24)19-14(22)10(15(19)25-17)7-11(21)12(18)8-3-5-9(20)6-4-8/h3-6,10,12-13,15,20H,7,18H2,1-2H3,(H,23,24)/t10-,12+,13-,15+/m0/s1. The average molecular weight is 364 g/mol. The number of fused-ring (bicyclic) bond motifs is 1. The maximum absolute atomic E-state index is 12.5. The van der Waals surface area contributed by atoms with Crippen LogP contribution in [0.2, 0.25) is 0 Å². The fourth-order valence-electron chi connectivity index (χ4n) is 3.49. The molecule has 2 aliphatic heterocycles. The van der Waals surface area contributed by atoms with Crippen molar-refractivity contribution >= 4 is 29.4 Å². The normalized spacial score (nSPS) is 28.2. The molecule has 0 spiro atoms. The molecule has 2 heterocycles. The number of benzene rings is 1. The molecule has 1 aromatic carbocycles. The first kappa shape index (κ1) is 17.8. The summed E-state index contributed by atoms with van der Waals surface area (Å²) in [6.45, 7) is 3.59. The van der Waals surface area contributed by atoms with Crippen molar-refractivity contribution in [1.29, 1.82) is 0 Å². The largest absolute Gasteiger partial charge is 0.508 e. The lowest BCUT2D eigenvalue weighted by Gasteiger charge is -2.43. The summed E-state index contributed by atoms with van der Waals surface area (Å²) in [6, 6.07) is 4.28. The van der Waals surface area contributed by atoms with Crippen LogP contribution in [0.15, 0.2) is 24.3 Å². The second-order valence-corrected chi connectivity index (χ2v) is 8.72. The Morgan fingerprint density at radius 3 is 2.48 bits per heavy atom. The minimum absolute atomic E-state index is 0.0164. The Morgan fingerprint density at radius 1 is 1.32 bits per heavy atom. The number of phenols is 1. The second-order valence-electron chi connectivity index (χ2n) is 6.94. The Morgan fingerprint density at radius 2 is 1.92 bits per heavy atom. The smallest absolute Gasteiger partial charge is 0.327 e. The van der Waals surface area contributed by atoms with Crippen LogP contribution in [0.3, 0.4) is 0 Å². The summed E-state index contributed by atoms with van der Waals surface area (Å²) in [6.07, 6.45) is -0.0164. The van der Waals surface area contributed by atoms with Gasteiger partial charge in [0.15, 0.2) is 5.78 Å². The molecule has 4 N–H and O–H groups in total. The van der Waals surface area contributed by atoms with Crippen LogP contribution < -0.4 is 5.73 Å². The number of aromatic hydroxyl groups is 1. The highest BCUT2D eigenvalue weighted by Gasteiger charge is 2.63. The molecule has 0 radical (unpaired) electrons. The highest BCUT2D eigenvalue weighted by Crippen LogP contribution is 2.54. The van der Waals surface area contributed by atoms with Gasteiger partial charge in [-0.05, 0) is 31.5 Å². The van der Waals surface area contributed by atoms with Gasteiger partial charge in [0.25, 0.3) is 0 Å². The Balaban J connectivity index is 1.70. The first-order valence-electron chi connectivity index (χ1n) is 7.93. The van der Waals surface area contributed by atoms with Crippen LogP contribution in [0.25, 0.3) is 0 Å². The van der Waals surface area contributed by atoms with E-state index in [4.69, 9.17) is 5.73 Å². The van der Waals surface area contributed by atoms with Crippen molar-refractivity contribution in [1.82, 2.24) is 4.90 Å². The summed E-state index contributed by atoms with van der Waals surface area (Å²) in [5.74, 6) is -2.07. The lowest BCUT2D eigenvalue weighted by atomic mass is 9.86. The number of nitrogens with zero attached hydrogens (tertiary/aromatic N) is 1. The number of ketones is 1. The number of carboxylic acids is 1. The van der Waals surface area contributed by atoms with Crippen LogP contribution in [-0.2, 0) is 14.4 Å². The van der Waals surface area contributed by atoms with Crippen LogP contribution in [0, 0.1) is 5.92 Å². The molecule has 2 aliphatic rings. The van der Waals surface area contributed by atoms with E-state index in [1.165, 1.54) is 28.8 Å². The Bertz CT molecular complexity index is 733. The van der Waals surface area contributed by atoms with Gasteiger partial charge in [-0.1, -0.05) is 12.1 Å². The van der Waals surface area contributed by atoms with Gasteiger partial charge in [-0.2, -0.15) is 0 Å². The molecule has 4 atom stereocenters. The maximum atomic E-state index is 12.5. The number of carbonyl (C=O) groups excluding carboxylic acids is 2. The molecule has 0 saturated carbocycles. The van der Waals surface area contributed by atoms with Crippen LogP contribution in [0.1, 0.15) is 31.9 Å². The molecule has 2 fully saturated rings. The number of nitrogens with two attached hydrogens (primary N) is 1. The van der Waals surface area contributed by atoms with Crippen LogP contribution in [-0.4, -0.2) is 48.9 Å². The van der Waals surface area contributed by atoms with Crippen LogP contribution in [0.5, 0.6) is 5.75 Å². The lowest BCUT2D eigenvalue weighted by Crippen LogP contribution is -2.63. The van der Waals surface area contributed by atoms with Crippen molar-refractivity contribution < 1.29 is 24.6 Å². The number of Topliss-reactive ketones (excluding diaryl/α,β-unsaturated/α-hetero) is 1. The number of carboxylic acid groups (broad SMARTS) is 1. The van der Waals surface area contributed by atoms with Crippen LogP contribution in [0.4, 0.5) is 0 Å². The monoisotopic (exact) mass is 364 g/mol. The first-order valence-corrected chi connectivity index (χ1v) is 8.81. The van der Waals surface area contributed by atoms with Gasteiger partial charge < -0.3 is 20.8 Å². The molecule has 1 aromatic rings. The van der Waals surface area contributed by atoms with Crippen molar-refractivity contribution in [3.63, 3.8) is 0 Å². The summed E-state index contributed by atoms with van der Waals surface area (Å²) in [7, 11) is 0. The van der Waals surface area contributed by atoms with E-state index in [0.29, 0.717) is 5.56 Å². The fraction of sp³-hybridized carbons (Fsp3) is 0.471. The molecule has 0 unspecified atom stereocenters. The van der Waals surface area contributed by atoms with Gasteiger partial charge in [0.1, 0.15) is 11.8 Å². The van der Waals surface area contributed by atoms with Crippen molar-refractivity contribution in [2.45, 2.75) is 42.5 Å². The predicted molar refractivity (Wildman–Crippen MR) is 91.9 cm³/mol. The van der Waals surface area contributed by atoms with E-state index in [9.17, 15) is 24.6 Å². The number of carbonyl (C=O) groups is 3. The van der Waals surface area contributed by atoms with Crippen molar-refractivity contribution in [3.8, 4) is 5.75 Å². The van der Waals surface area contributed by atoms with Gasteiger partial charge in [-0.25, -0.2) is 4.79 Å². The number of rotatable bonds is 5. The highest BCUT2D eigenvalue weighted by molar-refractivity contribution is 8.01. The van der Waals surface area contributed by atoms with Gasteiger partial charge in [-0.3, -0.25) is 9.59 Å². The molecule has 1 amide bonds. The van der Waals surface area contributed by atoms with E-state index in [1.54, 1.807) is 26.0 Å². The molecule has 0 aliphatic carbocycles. The van der Waals surface area contributed by atoms with Gasteiger partial charge in [0, 0.05) is 11.2 Å². The molecule has 134 valence electrons. The third-order valence-electron chi connectivity index (χ3n) is 4.81. The molecule has 25 heavy (non-hydrogen) atoms. The van der Waals surface area contributed by atoms with Crippen molar-refractivity contribution in [2.75, 3.05) is 0 Å². The molecule has 0 bridgehead atoms. The maximum Gasteiger partial charge on any atom is 0.327 e. The molecule has 3 rings (SSSR count). The lowest BCUT2D eigenvalue weighted by molar-refractivity contribution is -0.164. The van der Waals surface area contributed by atoms with Crippen LogP contribution >= 0.6 is 11.8 Å². The minimum Gasteiger partial charge on any atom is -0.508 e. The predicted octanol–water partition coefficient (Wildman–Crippen LogP) is 1.11. The summed E-state index contributed by atoms with van der Waals surface area (Å²) in [5.41, 5.74) is 6.53. The van der Waals surface area contributed by atoms with E-state index in [1.807, 2.05) is 0 Å². The minimum atomic E-state index is -1.03. The average Bonchev–Trinajstić information content (AvgIpc) is 2.80. The zero-order chi connectivity index (χ0) is 18.5. The quantitative estimate of drug-likeness (QED) is 0.669. The van der Waals surface area contributed by atoms with Gasteiger partial charge in [0.05, 0.1) is 17.3 Å². The Labute approximate surface area is 149 Å². The summed E-state index contributed by atoms with van der Waals surface area (Å²) in [5, 5.41) is 18.4. The molecular weight excluding hydrogens is 344 g/mol. The van der Waals surface area contributed by atoms with Gasteiger partial charge in [0.2, 0.25) is 5.91 Å². The summed E-state index contributed by atoms with van der Waals surface area (Å²) in [4.78, 5) is 37.7. The number of aliphatic carboxylic acids is 1. The molecular formula is C17H20N2O5S. The number of amides is 1. The molecule has 7 nitrogen and oxygen atoms in total. The third kappa shape index (κ3) is 2.89. The fourth-order valence-corrected chi connectivity index (χ4v) is 5.17. The third-order valence-corrected chi connectivity index (χ3v) is 6.43. The number of β-lactam (4-membered cyclic amide) rings is 1. The number of thioether (sulfide) groups is 1. The number of phenolic OH excluding ortho intramolecular Hbond substituents is 1. The highest BCUT2D eigenvalue weighted by atomic mass is 32.2. The second kappa shape index (κ2) is 6.03. The Kier molecular flexibility index (Phi) is 4.28. The van der Waals surface area contributed by atoms with Crippen molar-refractivity contribution in [2.24, 2.45) is 11.7 Å². The Hall–Kier alpha value is -2.06. The van der Waals surface area contributed by atoms with Gasteiger partial charge in [-0.15, -0.1) is 11.8 Å². The topological polar surface area (TPSA) is 121 Å². The van der Waals surface area contributed by atoms with E-state index in [2.05, 4.69) is 0 Å². The van der Waals surface area contributed by atoms with E-state index < -0.39 is 28.7 Å². The van der Waals surface area contributed by atoms with Gasteiger partial charge >= 0.3 is 5.97 Å². The van der Waals surface area contributed by atoms with Crippen molar-refractivity contribution in [3.05, 3.63) is 29.8 Å². The first-order chi connectivity index (χ1) is 11.6. The zero-order valence-electron chi connectivity index (χ0n) is 13.9. The molecule has 2 saturated heterocycles. The number of hydrogen-bond acceptors (Lipinski definition) is 6. The summed E-state index contributed by atoms with van der Waals surface area (Å²) >= 11 is 1.42. The SMILES string of the molecule is CC1(C)S[C@@H]2[C@@H](CC(=O)[C@H](N)c3ccc(O)cc3)C(=O)N2[C@H]1C(=O)O. The van der Waals surface area contributed by atoms with E-state index in [0.717, 1.165) is 0 Å². The van der Waals surface area contributed by atoms with E-state index >= 15 is 0 Å².